The van der Waals surface area contributed by atoms with E-state index in [9.17, 15) is 14.7 Å². The summed E-state index contributed by atoms with van der Waals surface area (Å²) in [5, 5.41) is 10.3. The maximum Gasteiger partial charge on any atom is 0.342 e. The Balaban J connectivity index is 0.00000363. The van der Waals surface area contributed by atoms with E-state index in [-0.39, 0.29) is 34.7 Å². The molecule has 3 aromatic rings. The van der Waals surface area contributed by atoms with Crippen LogP contribution in [0.3, 0.4) is 0 Å². The molecule has 0 unspecified atom stereocenters. The van der Waals surface area contributed by atoms with Crippen molar-refractivity contribution in [2.45, 2.75) is 19.4 Å². The van der Waals surface area contributed by atoms with E-state index in [1.165, 1.54) is 14.2 Å². The molecule has 0 aliphatic heterocycles. The molecule has 2 aromatic carbocycles. The van der Waals surface area contributed by atoms with Gasteiger partial charge in [0.15, 0.2) is 36.2 Å². The summed E-state index contributed by atoms with van der Waals surface area (Å²) in [5.74, 6) is -0.122. The van der Waals surface area contributed by atoms with E-state index >= 15 is 0 Å². The van der Waals surface area contributed by atoms with Gasteiger partial charge in [0.25, 0.3) is 0 Å². The van der Waals surface area contributed by atoms with Gasteiger partial charge in [-0.05, 0) is 42.3 Å². The number of carboxylic acid groups (broad SMARTS) is 1. The molecule has 0 spiro atoms. The van der Waals surface area contributed by atoms with E-state index < -0.39 is 5.97 Å². The molecule has 1 aromatic heterocycles. The molecule has 32 heavy (non-hydrogen) atoms. The molecule has 0 saturated carbocycles. The summed E-state index contributed by atoms with van der Waals surface area (Å²) in [4.78, 5) is 24.4. The second kappa shape index (κ2) is 11.6. The Morgan fingerprint density at radius 2 is 1.78 bits per heavy atom. The summed E-state index contributed by atoms with van der Waals surface area (Å²) in [6.45, 7) is 0.492. The van der Waals surface area contributed by atoms with Crippen molar-refractivity contribution in [2.24, 2.45) is 0 Å². The van der Waals surface area contributed by atoms with Crippen LogP contribution in [0.15, 0.2) is 60.9 Å². The number of hydrogen-bond acceptors (Lipinski definition) is 4. The number of aryl methyl sites for hydroxylation is 1. The van der Waals surface area contributed by atoms with Crippen molar-refractivity contribution >= 4 is 23.4 Å². The third-order valence-electron chi connectivity index (χ3n) is 4.92. The lowest BCUT2D eigenvalue weighted by molar-refractivity contribution is -0.688. The fraction of sp³-hybridized carbons (Fsp3) is 0.208. The Morgan fingerprint density at radius 1 is 1.03 bits per heavy atom. The Morgan fingerprint density at radius 3 is 2.44 bits per heavy atom. The van der Waals surface area contributed by atoms with Crippen LogP contribution in [-0.2, 0) is 13.0 Å². The van der Waals surface area contributed by atoms with Crippen molar-refractivity contribution in [3.05, 3.63) is 88.2 Å². The molecule has 0 bridgehead atoms. The van der Waals surface area contributed by atoms with Gasteiger partial charge in [-0.1, -0.05) is 23.7 Å². The number of carbonyl (C=O) groups excluding carboxylic acids is 1. The third kappa shape index (κ3) is 6.31. The van der Waals surface area contributed by atoms with Crippen LogP contribution in [0.5, 0.6) is 11.5 Å². The number of benzene rings is 2. The molecular formula is C24H23BrClNO5. The number of aromatic carboxylic acids is 1. The van der Waals surface area contributed by atoms with Gasteiger partial charge in [-0.3, -0.25) is 4.79 Å². The predicted molar refractivity (Wildman–Crippen MR) is 116 cm³/mol. The van der Waals surface area contributed by atoms with Gasteiger partial charge < -0.3 is 31.6 Å². The summed E-state index contributed by atoms with van der Waals surface area (Å²) in [6.07, 6.45) is 3.88. The first-order valence-electron chi connectivity index (χ1n) is 9.66. The summed E-state index contributed by atoms with van der Waals surface area (Å²) < 4.78 is 12.2. The first-order chi connectivity index (χ1) is 14.9. The van der Waals surface area contributed by atoms with Crippen molar-refractivity contribution in [1.29, 1.82) is 0 Å². The molecule has 1 heterocycles. The monoisotopic (exact) mass is 519 g/mol. The fourth-order valence-corrected chi connectivity index (χ4v) is 3.54. The molecule has 168 valence electrons. The van der Waals surface area contributed by atoms with E-state index in [1.807, 2.05) is 24.4 Å². The van der Waals surface area contributed by atoms with Crippen molar-refractivity contribution in [3.8, 4) is 11.5 Å². The Bertz CT molecular complexity index is 1120. The number of hydrogen-bond donors (Lipinski definition) is 1. The van der Waals surface area contributed by atoms with E-state index in [0.717, 1.165) is 5.56 Å². The number of aromatic nitrogens is 1. The number of nitrogens with zero attached hydrogens (tertiary/aromatic N) is 1. The lowest BCUT2D eigenvalue weighted by Gasteiger charge is -2.09. The first-order valence-corrected chi connectivity index (χ1v) is 10.0. The maximum atomic E-state index is 12.6. The van der Waals surface area contributed by atoms with Crippen LogP contribution >= 0.6 is 11.6 Å². The minimum atomic E-state index is -1.03. The van der Waals surface area contributed by atoms with Gasteiger partial charge in [0.2, 0.25) is 0 Å². The SMILES string of the molecule is COc1ccc(C(=O)CCc2cc[n+](Cc3cccc(Cl)c3)cc2C(=O)O)cc1OC.[Br-]. The van der Waals surface area contributed by atoms with Gasteiger partial charge >= 0.3 is 5.97 Å². The van der Waals surface area contributed by atoms with Crippen LogP contribution in [0.25, 0.3) is 0 Å². The highest BCUT2D eigenvalue weighted by Gasteiger charge is 2.18. The average Bonchev–Trinajstić information content (AvgIpc) is 2.77. The number of rotatable bonds is 9. The molecular weight excluding hydrogens is 498 g/mol. The molecule has 1 N–H and O–H groups in total. The fourth-order valence-electron chi connectivity index (χ4n) is 3.32. The second-order valence-electron chi connectivity index (χ2n) is 6.98. The molecule has 0 saturated heterocycles. The lowest BCUT2D eigenvalue weighted by atomic mass is 10.00. The van der Waals surface area contributed by atoms with Gasteiger partial charge in [-0.25, -0.2) is 4.79 Å². The summed E-state index contributed by atoms with van der Waals surface area (Å²) in [5.41, 5.74) is 2.22. The van der Waals surface area contributed by atoms with Gasteiger partial charge in [-0.2, -0.15) is 4.57 Å². The van der Waals surface area contributed by atoms with Crippen LogP contribution in [0.2, 0.25) is 5.02 Å². The van der Waals surface area contributed by atoms with E-state index in [0.29, 0.717) is 40.6 Å². The largest absolute Gasteiger partial charge is 1.00 e. The number of ketones is 1. The van der Waals surface area contributed by atoms with Crippen molar-refractivity contribution < 1.29 is 45.7 Å². The van der Waals surface area contributed by atoms with E-state index in [2.05, 4.69) is 0 Å². The van der Waals surface area contributed by atoms with E-state index in [4.69, 9.17) is 21.1 Å². The summed E-state index contributed by atoms with van der Waals surface area (Å²) in [6, 6.07) is 14.1. The number of methoxy groups -OCH3 is 2. The van der Waals surface area contributed by atoms with Gasteiger partial charge in [-0.15, -0.1) is 0 Å². The number of carboxylic acids is 1. The highest BCUT2D eigenvalue weighted by atomic mass is 79.9. The van der Waals surface area contributed by atoms with Crippen LogP contribution in [0, 0.1) is 0 Å². The van der Waals surface area contributed by atoms with Crippen molar-refractivity contribution in [3.63, 3.8) is 0 Å². The Hall–Kier alpha value is -2.90. The summed E-state index contributed by atoms with van der Waals surface area (Å²) >= 11 is 6.03. The van der Waals surface area contributed by atoms with Gasteiger partial charge in [0, 0.05) is 28.6 Å². The Kier molecular flexibility index (Phi) is 9.23. The highest BCUT2D eigenvalue weighted by molar-refractivity contribution is 6.30. The van der Waals surface area contributed by atoms with Crippen LogP contribution in [0.4, 0.5) is 0 Å². The maximum absolute atomic E-state index is 12.6. The standard InChI is InChI=1S/C24H22ClNO5.BrH/c1-30-22-9-7-18(13-23(22)31-2)21(27)8-6-17-10-11-26(15-20(17)24(28)29)14-16-4-3-5-19(25)12-16;/h3-5,7,9-13,15H,6,8,14H2,1-2H3;1H. The molecule has 0 aliphatic rings. The molecule has 3 rings (SSSR count). The zero-order chi connectivity index (χ0) is 22.4. The number of halogens is 2. The quantitative estimate of drug-likeness (QED) is 0.339. The Labute approximate surface area is 202 Å². The van der Waals surface area contributed by atoms with Crippen LogP contribution in [0.1, 0.15) is 38.3 Å². The zero-order valence-electron chi connectivity index (χ0n) is 17.7. The lowest BCUT2D eigenvalue weighted by Crippen LogP contribution is -3.00. The number of ether oxygens (including phenoxy) is 2. The molecule has 0 amide bonds. The third-order valence-corrected chi connectivity index (χ3v) is 5.15. The molecule has 0 radical (unpaired) electrons. The summed E-state index contributed by atoms with van der Waals surface area (Å²) in [7, 11) is 3.04. The van der Waals surface area contributed by atoms with Crippen molar-refractivity contribution in [1.82, 2.24) is 0 Å². The predicted octanol–water partition coefficient (Wildman–Crippen LogP) is 1.21. The molecule has 6 nitrogen and oxygen atoms in total. The minimum Gasteiger partial charge on any atom is -1.00 e. The number of Topliss-reactive ketones (excluding diaryl/α,β-unsaturated/α-hetero) is 1. The molecule has 0 atom stereocenters. The average molecular weight is 521 g/mol. The van der Waals surface area contributed by atoms with Crippen LogP contribution in [-0.4, -0.2) is 31.1 Å². The van der Waals surface area contributed by atoms with E-state index in [1.54, 1.807) is 41.1 Å². The number of carbonyl (C=O) groups is 2. The molecule has 0 aliphatic carbocycles. The first kappa shape index (κ1) is 25.4. The second-order valence-corrected chi connectivity index (χ2v) is 7.42. The molecule has 8 heteroatoms. The van der Waals surface area contributed by atoms with Gasteiger partial charge in [0.1, 0.15) is 5.56 Å². The number of pyridine rings is 1. The van der Waals surface area contributed by atoms with Crippen LogP contribution < -0.4 is 31.0 Å². The smallest absolute Gasteiger partial charge is 0.342 e. The zero-order valence-corrected chi connectivity index (χ0v) is 20.0. The topological polar surface area (TPSA) is 76.7 Å². The highest BCUT2D eigenvalue weighted by Crippen LogP contribution is 2.28. The van der Waals surface area contributed by atoms with Crippen molar-refractivity contribution in [2.75, 3.05) is 14.2 Å². The molecule has 0 fully saturated rings. The normalized spacial score (nSPS) is 10.2. The van der Waals surface area contributed by atoms with Gasteiger partial charge in [0.05, 0.1) is 14.2 Å². The minimum absolute atomic E-state index is 0.